The number of halogens is 1. The van der Waals surface area contributed by atoms with Crippen LogP contribution < -0.4 is 4.90 Å². The summed E-state index contributed by atoms with van der Waals surface area (Å²) >= 11 is 6.56. The average molecular weight is 569 g/mol. The molecular formula is C31H41ClN4O4. The lowest BCUT2D eigenvalue weighted by Crippen LogP contribution is -2.70. The predicted octanol–water partition coefficient (Wildman–Crippen LogP) is 3.47. The number of piperazine rings is 1. The first-order valence-corrected chi connectivity index (χ1v) is 14.6. The SMILES string of the molecule is COCCCN(C)C(=O)c1ccc(N2CCN(C3CC4(C3)CN(C(=O)C(C)(O)c3ccccc3)C4)CC2)cc1Cl. The third-order valence-electron chi connectivity index (χ3n) is 9.00. The van der Waals surface area contributed by atoms with E-state index in [2.05, 4.69) is 9.80 Å². The molecule has 2 heterocycles. The molecule has 1 unspecified atom stereocenters. The largest absolute Gasteiger partial charge is 0.385 e. The molecule has 1 saturated carbocycles. The number of nitrogens with zero attached hydrogens (tertiary/aromatic N) is 4. The van der Waals surface area contributed by atoms with E-state index in [1.807, 2.05) is 41.3 Å². The highest BCUT2D eigenvalue weighted by Crippen LogP contribution is 2.51. The summed E-state index contributed by atoms with van der Waals surface area (Å²) in [5, 5.41) is 11.4. The van der Waals surface area contributed by atoms with E-state index >= 15 is 0 Å². The van der Waals surface area contributed by atoms with Gasteiger partial charge in [0.1, 0.15) is 0 Å². The first-order chi connectivity index (χ1) is 19.1. The normalized spacial score (nSPS) is 20.5. The summed E-state index contributed by atoms with van der Waals surface area (Å²) in [6.07, 6.45) is 2.99. The minimum Gasteiger partial charge on any atom is -0.385 e. The zero-order chi connectivity index (χ0) is 28.5. The third-order valence-corrected chi connectivity index (χ3v) is 9.31. The molecule has 2 aliphatic heterocycles. The average Bonchev–Trinajstić information content (AvgIpc) is 2.92. The van der Waals surface area contributed by atoms with Crippen LogP contribution in [0.1, 0.15) is 42.1 Å². The summed E-state index contributed by atoms with van der Waals surface area (Å²) in [7, 11) is 3.45. The number of benzene rings is 2. The van der Waals surface area contributed by atoms with Gasteiger partial charge in [0.05, 0.1) is 10.6 Å². The Hall–Kier alpha value is -2.65. The number of amides is 2. The van der Waals surface area contributed by atoms with Gasteiger partial charge >= 0.3 is 0 Å². The molecule has 216 valence electrons. The Morgan fingerprint density at radius 1 is 1.10 bits per heavy atom. The Morgan fingerprint density at radius 2 is 1.77 bits per heavy atom. The number of methoxy groups -OCH3 is 1. The Bertz CT molecular complexity index is 1200. The van der Waals surface area contributed by atoms with Gasteiger partial charge in [-0.3, -0.25) is 14.5 Å². The van der Waals surface area contributed by atoms with E-state index in [0.717, 1.165) is 64.2 Å². The molecular weight excluding hydrogens is 528 g/mol. The number of anilines is 1. The van der Waals surface area contributed by atoms with Crippen molar-refractivity contribution in [2.24, 2.45) is 5.41 Å². The molecule has 2 amide bonds. The van der Waals surface area contributed by atoms with E-state index in [-0.39, 0.29) is 17.2 Å². The van der Waals surface area contributed by atoms with Crippen molar-refractivity contribution >= 4 is 29.1 Å². The highest BCUT2D eigenvalue weighted by Gasteiger charge is 2.56. The molecule has 9 heteroatoms. The van der Waals surface area contributed by atoms with Crippen LogP contribution in [-0.4, -0.2) is 104 Å². The highest BCUT2D eigenvalue weighted by molar-refractivity contribution is 6.34. The number of ether oxygens (including phenoxy) is 1. The van der Waals surface area contributed by atoms with Gasteiger partial charge in [-0.25, -0.2) is 0 Å². The van der Waals surface area contributed by atoms with E-state index in [9.17, 15) is 14.7 Å². The van der Waals surface area contributed by atoms with Crippen molar-refractivity contribution in [3.8, 4) is 0 Å². The van der Waals surface area contributed by atoms with Crippen LogP contribution in [0.15, 0.2) is 48.5 Å². The number of likely N-dealkylation sites (tertiary alicyclic amines) is 1. The van der Waals surface area contributed by atoms with E-state index in [4.69, 9.17) is 16.3 Å². The molecule has 0 bridgehead atoms. The summed E-state index contributed by atoms with van der Waals surface area (Å²) in [6, 6.07) is 15.5. The molecule has 0 radical (unpaired) electrons. The molecule has 2 aromatic carbocycles. The van der Waals surface area contributed by atoms with Crippen molar-refractivity contribution in [2.75, 3.05) is 71.5 Å². The van der Waals surface area contributed by atoms with Crippen LogP contribution >= 0.6 is 11.6 Å². The number of rotatable bonds is 9. The Morgan fingerprint density at radius 3 is 2.40 bits per heavy atom. The maximum atomic E-state index is 13.0. The lowest BCUT2D eigenvalue weighted by atomic mass is 9.60. The second kappa shape index (κ2) is 11.7. The van der Waals surface area contributed by atoms with Crippen molar-refractivity contribution in [3.63, 3.8) is 0 Å². The third kappa shape index (κ3) is 5.73. The molecule has 2 aromatic rings. The van der Waals surface area contributed by atoms with E-state index in [1.165, 1.54) is 0 Å². The van der Waals surface area contributed by atoms with E-state index < -0.39 is 5.60 Å². The van der Waals surface area contributed by atoms with Gasteiger partial charge in [0.15, 0.2) is 5.60 Å². The van der Waals surface area contributed by atoms with Crippen LogP contribution in [0.4, 0.5) is 5.69 Å². The maximum Gasteiger partial charge on any atom is 0.258 e. The van der Waals surface area contributed by atoms with E-state index in [0.29, 0.717) is 35.3 Å². The fourth-order valence-corrected chi connectivity index (χ4v) is 6.79. The van der Waals surface area contributed by atoms with Crippen LogP contribution in [0.3, 0.4) is 0 Å². The fourth-order valence-electron chi connectivity index (χ4n) is 6.53. The molecule has 3 aliphatic rings. The molecule has 1 atom stereocenters. The number of aliphatic hydroxyl groups is 1. The van der Waals surface area contributed by atoms with Gasteiger partial charge in [0.2, 0.25) is 0 Å². The molecule has 40 heavy (non-hydrogen) atoms. The van der Waals surface area contributed by atoms with Crippen molar-refractivity contribution in [3.05, 3.63) is 64.7 Å². The number of hydrogen-bond acceptors (Lipinski definition) is 6. The molecule has 1 N–H and O–H groups in total. The number of hydrogen-bond donors (Lipinski definition) is 1. The van der Waals surface area contributed by atoms with Gasteiger partial charge < -0.3 is 24.5 Å². The van der Waals surface area contributed by atoms with Gasteiger partial charge in [0, 0.05) is 83.7 Å². The number of carbonyl (C=O) groups is 2. The predicted molar refractivity (Wildman–Crippen MR) is 157 cm³/mol. The number of carbonyl (C=O) groups excluding carboxylic acids is 2. The maximum absolute atomic E-state index is 13.0. The van der Waals surface area contributed by atoms with Crippen LogP contribution in [0.5, 0.6) is 0 Å². The topological polar surface area (TPSA) is 76.6 Å². The van der Waals surface area contributed by atoms with Crippen LogP contribution in [0.25, 0.3) is 0 Å². The molecule has 2 saturated heterocycles. The molecule has 1 spiro atoms. The van der Waals surface area contributed by atoms with Gasteiger partial charge in [0.25, 0.3) is 11.8 Å². The standard InChI is InChI=1S/C31H41ClN4O4/c1-30(39,23-8-5-4-6-9-23)29(38)36-21-31(22-36)19-25(20-31)35-15-13-34(14-16-35)24-10-11-26(27(32)18-24)28(37)33(2)12-7-17-40-3/h4-6,8-11,18,25,39H,7,12-17,19-22H2,1-3H3. The van der Waals surface area contributed by atoms with Crippen LogP contribution in [0.2, 0.25) is 5.02 Å². The summed E-state index contributed by atoms with van der Waals surface area (Å²) in [5.74, 6) is -0.276. The molecule has 1 aliphatic carbocycles. The Kier molecular flexibility index (Phi) is 8.43. The second-order valence-electron chi connectivity index (χ2n) is 11.9. The van der Waals surface area contributed by atoms with E-state index in [1.54, 1.807) is 38.1 Å². The van der Waals surface area contributed by atoms with Gasteiger partial charge in [-0.2, -0.15) is 0 Å². The summed E-state index contributed by atoms with van der Waals surface area (Å²) < 4.78 is 5.08. The minimum absolute atomic E-state index is 0.0728. The van der Waals surface area contributed by atoms with Crippen molar-refractivity contribution in [1.82, 2.24) is 14.7 Å². The fraction of sp³-hybridized carbons (Fsp3) is 0.548. The zero-order valence-electron chi connectivity index (χ0n) is 23.8. The van der Waals surface area contributed by atoms with Crippen molar-refractivity contribution < 1.29 is 19.4 Å². The minimum atomic E-state index is -1.49. The Balaban J connectivity index is 1.08. The Labute approximate surface area is 242 Å². The van der Waals surface area contributed by atoms with Crippen LogP contribution in [0, 0.1) is 5.41 Å². The monoisotopic (exact) mass is 568 g/mol. The summed E-state index contributed by atoms with van der Waals surface area (Å²) in [4.78, 5) is 34.2. The second-order valence-corrected chi connectivity index (χ2v) is 12.3. The smallest absolute Gasteiger partial charge is 0.258 e. The van der Waals surface area contributed by atoms with Gasteiger partial charge in [-0.15, -0.1) is 0 Å². The highest BCUT2D eigenvalue weighted by atomic mass is 35.5. The lowest BCUT2D eigenvalue weighted by molar-refractivity contribution is -0.175. The summed E-state index contributed by atoms with van der Waals surface area (Å²) in [5.41, 5.74) is 0.931. The first kappa shape index (κ1) is 28.9. The van der Waals surface area contributed by atoms with Gasteiger partial charge in [-0.05, 0) is 49.9 Å². The molecule has 0 aromatic heterocycles. The summed E-state index contributed by atoms with van der Waals surface area (Å²) in [6.45, 7) is 8.09. The molecule has 8 nitrogen and oxygen atoms in total. The van der Waals surface area contributed by atoms with Gasteiger partial charge in [-0.1, -0.05) is 41.9 Å². The first-order valence-electron chi connectivity index (χ1n) is 14.2. The van der Waals surface area contributed by atoms with Crippen LogP contribution in [-0.2, 0) is 15.1 Å². The molecule has 3 fully saturated rings. The van der Waals surface area contributed by atoms with Crippen molar-refractivity contribution in [1.29, 1.82) is 0 Å². The zero-order valence-corrected chi connectivity index (χ0v) is 24.6. The quantitative estimate of drug-likeness (QED) is 0.467. The lowest BCUT2D eigenvalue weighted by Gasteiger charge is -2.62. The molecule has 5 rings (SSSR count). The van der Waals surface area contributed by atoms with Crippen molar-refractivity contribution in [2.45, 2.75) is 37.8 Å².